The van der Waals surface area contributed by atoms with Crippen LogP contribution in [0.2, 0.25) is 0 Å². The van der Waals surface area contributed by atoms with E-state index in [1.165, 1.54) is 0 Å². The lowest BCUT2D eigenvalue weighted by atomic mass is 9.91. The number of rotatable bonds is 10. The number of nitrogens with one attached hydrogen (secondary N) is 1. The summed E-state index contributed by atoms with van der Waals surface area (Å²) >= 11 is 0. The van der Waals surface area contributed by atoms with Gasteiger partial charge in [-0.25, -0.2) is 9.59 Å². The second-order valence-electron chi connectivity index (χ2n) is 9.54. The average molecular weight is 548 g/mol. The lowest BCUT2D eigenvalue weighted by Gasteiger charge is -2.44. The molecular weight excluding hydrogens is 510 g/mol. The minimum atomic E-state index is -1.34. The number of esters is 5. The van der Waals surface area contributed by atoms with Gasteiger partial charge >= 0.3 is 35.9 Å². The van der Waals surface area contributed by atoms with E-state index in [2.05, 4.69) is 5.32 Å². The standard InChI is InChI=1S/C24H37NO13/c1-12(26)33-11-18-20(35-14(3)28)21(36-15(4)29)19(34-13(2)27)17(37-18)10-9-16(22(30)32-8)25-23(31)38-24(5,6)7/h16-21H,9-11H2,1-8H3,(H,25,31)/t16-,17+,18-,19-,20-,21-/m1/s1. The monoisotopic (exact) mass is 547 g/mol. The predicted octanol–water partition coefficient (Wildman–Crippen LogP) is 0.959. The summed E-state index contributed by atoms with van der Waals surface area (Å²) in [7, 11) is 1.14. The van der Waals surface area contributed by atoms with Crippen molar-refractivity contribution >= 4 is 35.9 Å². The van der Waals surface area contributed by atoms with Gasteiger partial charge in [0.2, 0.25) is 0 Å². The first kappa shape index (κ1) is 32.6. The molecule has 14 heteroatoms. The maximum atomic E-state index is 12.4. The van der Waals surface area contributed by atoms with E-state index in [4.69, 9.17) is 33.2 Å². The maximum Gasteiger partial charge on any atom is 0.408 e. The van der Waals surface area contributed by atoms with E-state index >= 15 is 0 Å². The lowest BCUT2D eigenvalue weighted by molar-refractivity contribution is -0.253. The highest BCUT2D eigenvalue weighted by molar-refractivity contribution is 5.81. The molecule has 14 nitrogen and oxygen atoms in total. The molecule has 1 heterocycles. The summed E-state index contributed by atoms with van der Waals surface area (Å²) in [5.74, 6) is -3.70. The summed E-state index contributed by atoms with van der Waals surface area (Å²) in [5, 5.41) is 2.43. The van der Waals surface area contributed by atoms with Crippen molar-refractivity contribution < 1.29 is 61.9 Å². The van der Waals surface area contributed by atoms with Crippen LogP contribution >= 0.6 is 0 Å². The molecule has 0 aromatic rings. The fourth-order valence-electron chi connectivity index (χ4n) is 3.72. The van der Waals surface area contributed by atoms with Crippen LogP contribution in [0, 0.1) is 0 Å². The zero-order chi connectivity index (χ0) is 29.2. The number of hydrogen-bond acceptors (Lipinski definition) is 13. The number of ether oxygens (including phenoxy) is 7. The minimum absolute atomic E-state index is 0.0470. The Morgan fingerprint density at radius 3 is 1.74 bits per heavy atom. The molecule has 0 aromatic carbocycles. The number of carbonyl (C=O) groups excluding carboxylic acids is 6. The predicted molar refractivity (Wildman–Crippen MR) is 126 cm³/mol. The summed E-state index contributed by atoms with van der Waals surface area (Å²) in [4.78, 5) is 71.8. The SMILES string of the molecule is COC(=O)[C@@H](CC[C@@H]1O[C@H](COC(C)=O)[C@@H](OC(C)=O)[C@H](OC(C)=O)[C@@H]1OC(C)=O)NC(=O)OC(C)(C)C. The molecular formula is C24H37NO13. The largest absolute Gasteiger partial charge is 0.467 e. The van der Waals surface area contributed by atoms with Crippen LogP contribution in [0.5, 0.6) is 0 Å². The molecule has 0 saturated carbocycles. The molecule has 0 spiro atoms. The molecule has 0 radical (unpaired) electrons. The van der Waals surface area contributed by atoms with Crippen LogP contribution < -0.4 is 5.32 Å². The number of carbonyl (C=O) groups is 6. The van der Waals surface area contributed by atoms with Crippen LogP contribution in [-0.2, 0) is 57.1 Å². The van der Waals surface area contributed by atoms with Crippen molar-refractivity contribution in [3.63, 3.8) is 0 Å². The smallest absolute Gasteiger partial charge is 0.408 e. The van der Waals surface area contributed by atoms with Crippen LogP contribution in [0.3, 0.4) is 0 Å². The molecule has 1 fully saturated rings. The van der Waals surface area contributed by atoms with Crippen LogP contribution in [0.4, 0.5) is 4.79 Å². The molecule has 216 valence electrons. The highest BCUT2D eigenvalue weighted by Gasteiger charge is 2.52. The molecule has 0 bridgehead atoms. The number of alkyl carbamates (subject to hydrolysis) is 1. The first-order chi connectivity index (χ1) is 17.5. The first-order valence-electron chi connectivity index (χ1n) is 11.9. The third kappa shape index (κ3) is 11.3. The highest BCUT2D eigenvalue weighted by atomic mass is 16.7. The van der Waals surface area contributed by atoms with E-state index in [-0.39, 0.29) is 19.4 Å². The summed E-state index contributed by atoms with van der Waals surface area (Å²) in [6.07, 6.45) is -7.09. The Hall–Kier alpha value is -3.42. The van der Waals surface area contributed by atoms with Gasteiger partial charge in [-0.05, 0) is 33.6 Å². The van der Waals surface area contributed by atoms with E-state index < -0.39 is 78.1 Å². The molecule has 1 rings (SSSR count). The highest BCUT2D eigenvalue weighted by Crippen LogP contribution is 2.31. The summed E-state index contributed by atoms with van der Waals surface area (Å²) in [6, 6.07) is -1.18. The van der Waals surface area contributed by atoms with Gasteiger partial charge in [0.05, 0.1) is 13.2 Å². The molecule has 0 unspecified atom stereocenters. The van der Waals surface area contributed by atoms with E-state index in [9.17, 15) is 28.8 Å². The zero-order valence-corrected chi connectivity index (χ0v) is 22.9. The summed E-state index contributed by atoms with van der Waals surface area (Å²) in [5.41, 5.74) is -0.829. The molecule has 1 aliphatic heterocycles. The molecule has 0 aliphatic carbocycles. The van der Waals surface area contributed by atoms with Crippen molar-refractivity contribution in [3.05, 3.63) is 0 Å². The minimum Gasteiger partial charge on any atom is -0.467 e. The Bertz CT molecular complexity index is 881. The summed E-state index contributed by atoms with van der Waals surface area (Å²) < 4.78 is 37.1. The third-order valence-corrected chi connectivity index (χ3v) is 5.00. The van der Waals surface area contributed by atoms with Crippen LogP contribution in [0.25, 0.3) is 0 Å². The van der Waals surface area contributed by atoms with Crippen molar-refractivity contribution in [3.8, 4) is 0 Å². The fourth-order valence-corrected chi connectivity index (χ4v) is 3.72. The van der Waals surface area contributed by atoms with E-state index in [0.29, 0.717) is 0 Å². The van der Waals surface area contributed by atoms with Gasteiger partial charge < -0.3 is 38.5 Å². The van der Waals surface area contributed by atoms with Crippen molar-refractivity contribution in [1.29, 1.82) is 0 Å². The number of hydrogen-bond donors (Lipinski definition) is 1. The third-order valence-electron chi connectivity index (χ3n) is 5.00. The topological polar surface area (TPSA) is 179 Å². The lowest BCUT2D eigenvalue weighted by Crippen LogP contribution is -2.62. The zero-order valence-electron chi connectivity index (χ0n) is 22.9. The Balaban J connectivity index is 3.31. The van der Waals surface area contributed by atoms with E-state index in [1.54, 1.807) is 20.8 Å². The Labute approximate surface area is 220 Å². The van der Waals surface area contributed by atoms with Crippen LogP contribution in [0.15, 0.2) is 0 Å². The first-order valence-corrected chi connectivity index (χ1v) is 11.9. The van der Waals surface area contributed by atoms with Crippen molar-refractivity contribution in [1.82, 2.24) is 5.32 Å². The molecule has 1 N–H and O–H groups in total. The van der Waals surface area contributed by atoms with Crippen molar-refractivity contribution in [2.24, 2.45) is 0 Å². The van der Waals surface area contributed by atoms with Gasteiger partial charge in [-0.1, -0.05) is 0 Å². The second kappa shape index (κ2) is 14.5. The molecule has 6 atom stereocenters. The van der Waals surface area contributed by atoms with Gasteiger partial charge in [0, 0.05) is 27.7 Å². The van der Waals surface area contributed by atoms with Crippen molar-refractivity contribution in [2.75, 3.05) is 13.7 Å². The van der Waals surface area contributed by atoms with Crippen LogP contribution in [0.1, 0.15) is 61.3 Å². The fraction of sp³-hybridized carbons (Fsp3) is 0.750. The maximum absolute atomic E-state index is 12.4. The normalized spacial score (nSPS) is 23.7. The van der Waals surface area contributed by atoms with Gasteiger partial charge in [-0.15, -0.1) is 0 Å². The second-order valence-corrected chi connectivity index (χ2v) is 9.54. The van der Waals surface area contributed by atoms with E-state index in [1.807, 2.05) is 0 Å². The molecule has 1 aliphatic rings. The molecule has 1 saturated heterocycles. The van der Waals surface area contributed by atoms with Crippen molar-refractivity contribution in [2.45, 2.75) is 103 Å². The van der Waals surface area contributed by atoms with Crippen LogP contribution in [-0.4, -0.2) is 91.8 Å². The van der Waals surface area contributed by atoms with Gasteiger partial charge in [0.25, 0.3) is 0 Å². The number of methoxy groups -OCH3 is 1. The number of amides is 1. The molecule has 0 aromatic heterocycles. The van der Waals surface area contributed by atoms with Gasteiger partial charge in [0.1, 0.15) is 24.4 Å². The van der Waals surface area contributed by atoms with E-state index in [0.717, 1.165) is 34.8 Å². The Morgan fingerprint density at radius 2 is 1.29 bits per heavy atom. The van der Waals surface area contributed by atoms with Gasteiger partial charge in [-0.2, -0.15) is 0 Å². The summed E-state index contributed by atoms with van der Waals surface area (Å²) in [6.45, 7) is 9.07. The average Bonchev–Trinajstić information content (AvgIpc) is 2.75. The van der Waals surface area contributed by atoms with Gasteiger partial charge in [0.15, 0.2) is 18.3 Å². The van der Waals surface area contributed by atoms with Gasteiger partial charge in [-0.3, -0.25) is 19.2 Å². The molecule has 38 heavy (non-hydrogen) atoms. The Morgan fingerprint density at radius 1 is 0.789 bits per heavy atom. The molecule has 1 amide bonds. The Kier molecular flexibility index (Phi) is 12.4. The quantitative estimate of drug-likeness (QED) is 0.302.